The summed E-state index contributed by atoms with van der Waals surface area (Å²) in [6, 6.07) is 0. The summed E-state index contributed by atoms with van der Waals surface area (Å²) in [7, 11) is 4.11. The van der Waals surface area contributed by atoms with Crippen molar-refractivity contribution in [3.05, 3.63) is 0 Å². The molecule has 0 spiro atoms. The summed E-state index contributed by atoms with van der Waals surface area (Å²) in [5, 5.41) is 3.29. The van der Waals surface area contributed by atoms with Crippen LogP contribution in [0.3, 0.4) is 0 Å². The van der Waals surface area contributed by atoms with Gasteiger partial charge >= 0.3 is 0 Å². The van der Waals surface area contributed by atoms with Gasteiger partial charge in [-0.1, -0.05) is 19.1 Å². The predicted octanol–water partition coefficient (Wildman–Crippen LogP) is 0.0598. The molecule has 0 heterocycles. The lowest BCUT2D eigenvalue weighted by Gasteiger charge is -2.13. The summed E-state index contributed by atoms with van der Waals surface area (Å²) in [5.74, 6) is 0.294. The molecule has 0 aliphatic carbocycles. The van der Waals surface area contributed by atoms with Gasteiger partial charge in [0.1, 0.15) is 0 Å². The van der Waals surface area contributed by atoms with Crippen LogP contribution in [0.4, 0.5) is 0 Å². The zero-order chi connectivity index (χ0) is 9.56. The van der Waals surface area contributed by atoms with Crippen LogP contribution in [0.1, 0.15) is 6.92 Å². The largest absolute Gasteiger partial charge is 0.393 e. The van der Waals surface area contributed by atoms with Crippen LogP contribution >= 0.6 is 12.2 Å². The quantitative estimate of drug-likeness (QED) is 0.458. The van der Waals surface area contributed by atoms with Gasteiger partial charge in [0.15, 0.2) is 0 Å². The molecule has 0 aromatic carbocycles. The van der Waals surface area contributed by atoms with Crippen molar-refractivity contribution in [1.82, 2.24) is 10.2 Å². The molecule has 0 bridgehead atoms. The van der Waals surface area contributed by atoms with Crippen molar-refractivity contribution in [3.63, 3.8) is 0 Å². The molecule has 0 aromatic heterocycles. The van der Waals surface area contributed by atoms with Gasteiger partial charge in [0.25, 0.3) is 0 Å². The van der Waals surface area contributed by atoms with E-state index in [0.29, 0.717) is 10.9 Å². The highest BCUT2D eigenvalue weighted by Crippen LogP contribution is 1.91. The molecule has 12 heavy (non-hydrogen) atoms. The fourth-order valence-electron chi connectivity index (χ4n) is 0.722. The van der Waals surface area contributed by atoms with Crippen molar-refractivity contribution in [1.29, 1.82) is 0 Å². The molecule has 0 aliphatic rings. The van der Waals surface area contributed by atoms with Crippen molar-refractivity contribution in [3.8, 4) is 0 Å². The number of likely N-dealkylation sites (N-methyl/N-ethyl adjacent to an activating group) is 1. The number of nitrogens with two attached hydrogens (primary N) is 1. The van der Waals surface area contributed by atoms with E-state index in [-0.39, 0.29) is 0 Å². The molecule has 3 nitrogen and oxygen atoms in total. The fourth-order valence-corrected chi connectivity index (χ4v) is 0.805. The molecule has 1 atom stereocenters. The summed E-state index contributed by atoms with van der Waals surface area (Å²) in [4.78, 5) is 2.73. The van der Waals surface area contributed by atoms with E-state index in [1.54, 1.807) is 0 Å². The Balaban J connectivity index is 3.25. The minimum absolute atomic E-state index is 0.294. The van der Waals surface area contributed by atoms with Crippen molar-refractivity contribution in [2.24, 2.45) is 11.7 Å². The summed E-state index contributed by atoms with van der Waals surface area (Å²) < 4.78 is 0. The van der Waals surface area contributed by atoms with Gasteiger partial charge in [-0.25, -0.2) is 0 Å². The average molecular weight is 189 g/mol. The van der Waals surface area contributed by atoms with Crippen LogP contribution < -0.4 is 11.1 Å². The zero-order valence-corrected chi connectivity index (χ0v) is 8.95. The van der Waals surface area contributed by atoms with E-state index in [4.69, 9.17) is 18.0 Å². The van der Waals surface area contributed by atoms with E-state index in [1.807, 2.05) is 6.92 Å². The third kappa shape index (κ3) is 6.52. The first-order chi connectivity index (χ1) is 5.54. The SMILES string of the molecule is CC(CNCCN(C)C)C(N)=S. The summed E-state index contributed by atoms with van der Waals surface area (Å²) >= 11 is 4.85. The van der Waals surface area contributed by atoms with Gasteiger partial charge in [-0.3, -0.25) is 0 Å². The van der Waals surface area contributed by atoms with Crippen molar-refractivity contribution in [2.45, 2.75) is 6.92 Å². The van der Waals surface area contributed by atoms with Gasteiger partial charge in [-0.2, -0.15) is 0 Å². The van der Waals surface area contributed by atoms with Crippen molar-refractivity contribution >= 4 is 17.2 Å². The van der Waals surface area contributed by atoms with E-state index in [9.17, 15) is 0 Å². The molecule has 0 amide bonds. The van der Waals surface area contributed by atoms with Crippen LogP contribution in [0.5, 0.6) is 0 Å². The Labute approximate surface area is 80.3 Å². The highest BCUT2D eigenvalue weighted by Gasteiger charge is 2.02. The standard InChI is InChI=1S/C8H19N3S/c1-7(8(9)12)6-10-4-5-11(2)3/h7,10H,4-6H2,1-3H3,(H2,9,12). The second-order valence-corrected chi connectivity index (χ2v) is 3.78. The highest BCUT2D eigenvalue weighted by atomic mass is 32.1. The van der Waals surface area contributed by atoms with E-state index in [2.05, 4.69) is 24.3 Å². The summed E-state index contributed by atoms with van der Waals surface area (Å²) in [6.07, 6.45) is 0. The average Bonchev–Trinajstić information content (AvgIpc) is 1.97. The van der Waals surface area contributed by atoms with Crippen LogP contribution in [0.2, 0.25) is 0 Å². The van der Waals surface area contributed by atoms with Crippen LogP contribution in [-0.2, 0) is 0 Å². The van der Waals surface area contributed by atoms with E-state index in [0.717, 1.165) is 19.6 Å². The van der Waals surface area contributed by atoms with Gasteiger partial charge in [-0.05, 0) is 14.1 Å². The molecule has 0 radical (unpaired) electrons. The lowest BCUT2D eigenvalue weighted by atomic mass is 10.2. The Morgan fingerprint density at radius 3 is 2.58 bits per heavy atom. The van der Waals surface area contributed by atoms with Gasteiger partial charge < -0.3 is 16.0 Å². The molecule has 0 rings (SSSR count). The Kier molecular flexibility index (Phi) is 6.24. The summed E-state index contributed by atoms with van der Waals surface area (Å²) in [6.45, 7) is 4.94. The molecular weight excluding hydrogens is 170 g/mol. The van der Waals surface area contributed by atoms with Crippen LogP contribution in [0, 0.1) is 5.92 Å². The second-order valence-electron chi connectivity index (χ2n) is 3.31. The molecule has 3 N–H and O–H groups in total. The normalized spacial score (nSPS) is 13.3. The molecule has 0 aliphatic heterocycles. The Morgan fingerprint density at radius 2 is 2.17 bits per heavy atom. The van der Waals surface area contributed by atoms with Crippen LogP contribution in [-0.4, -0.2) is 43.6 Å². The molecule has 72 valence electrons. The van der Waals surface area contributed by atoms with E-state index >= 15 is 0 Å². The number of hydrogen-bond acceptors (Lipinski definition) is 3. The second kappa shape index (κ2) is 6.34. The fraction of sp³-hybridized carbons (Fsp3) is 0.875. The number of hydrogen-bond donors (Lipinski definition) is 2. The summed E-state index contributed by atoms with van der Waals surface area (Å²) in [5.41, 5.74) is 5.46. The van der Waals surface area contributed by atoms with Gasteiger partial charge in [0.2, 0.25) is 0 Å². The van der Waals surface area contributed by atoms with E-state index < -0.39 is 0 Å². The maximum atomic E-state index is 5.46. The topological polar surface area (TPSA) is 41.3 Å². The zero-order valence-electron chi connectivity index (χ0n) is 8.13. The lowest BCUT2D eigenvalue weighted by Crippen LogP contribution is -2.33. The Hall–Kier alpha value is -0.190. The molecule has 0 fully saturated rings. The molecule has 4 heteroatoms. The maximum absolute atomic E-state index is 5.46. The smallest absolute Gasteiger partial charge is 0.0768 e. The number of thiocarbonyl (C=S) groups is 1. The molecule has 1 unspecified atom stereocenters. The monoisotopic (exact) mass is 189 g/mol. The van der Waals surface area contributed by atoms with Crippen LogP contribution in [0.25, 0.3) is 0 Å². The van der Waals surface area contributed by atoms with Gasteiger partial charge in [0.05, 0.1) is 4.99 Å². The molecule has 0 saturated heterocycles. The highest BCUT2D eigenvalue weighted by molar-refractivity contribution is 7.80. The Bertz CT molecular complexity index is 136. The molecule has 0 saturated carbocycles. The first kappa shape index (κ1) is 11.8. The van der Waals surface area contributed by atoms with E-state index in [1.165, 1.54) is 0 Å². The number of nitrogens with zero attached hydrogens (tertiary/aromatic N) is 1. The Morgan fingerprint density at radius 1 is 1.58 bits per heavy atom. The first-order valence-corrected chi connectivity index (χ1v) is 4.59. The van der Waals surface area contributed by atoms with Crippen molar-refractivity contribution in [2.75, 3.05) is 33.7 Å². The molecule has 0 aromatic rings. The minimum atomic E-state index is 0.294. The number of nitrogens with one attached hydrogen (secondary N) is 1. The van der Waals surface area contributed by atoms with Crippen molar-refractivity contribution < 1.29 is 0 Å². The first-order valence-electron chi connectivity index (χ1n) is 4.18. The van der Waals surface area contributed by atoms with Gasteiger partial charge in [0, 0.05) is 25.6 Å². The predicted molar refractivity (Wildman–Crippen MR) is 57.4 cm³/mol. The lowest BCUT2D eigenvalue weighted by molar-refractivity contribution is 0.397. The molecular formula is C8H19N3S. The maximum Gasteiger partial charge on any atom is 0.0768 e. The van der Waals surface area contributed by atoms with Crippen LogP contribution in [0.15, 0.2) is 0 Å². The third-order valence-corrected chi connectivity index (χ3v) is 2.07. The number of rotatable bonds is 6. The van der Waals surface area contributed by atoms with Gasteiger partial charge in [-0.15, -0.1) is 0 Å². The minimum Gasteiger partial charge on any atom is -0.393 e. The third-order valence-electron chi connectivity index (χ3n) is 1.67.